The van der Waals surface area contributed by atoms with Gasteiger partial charge in [0.25, 0.3) is 0 Å². The summed E-state index contributed by atoms with van der Waals surface area (Å²) in [5, 5.41) is 20.1. The summed E-state index contributed by atoms with van der Waals surface area (Å²) in [6.45, 7) is 1.10. The maximum atomic E-state index is 10.2. The van der Waals surface area contributed by atoms with E-state index in [1.165, 1.54) is 0 Å². The minimum Gasteiger partial charge on any atom is -0.480 e. The second-order valence-electron chi connectivity index (χ2n) is 3.60. The average molecular weight is 269 g/mol. The smallest absolute Gasteiger partial charge is 0.480 e. The van der Waals surface area contributed by atoms with E-state index < -0.39 is 26.6 Å². The normalized spacial score (nSPS) is 15.6. The Morgan fingerprint density at radius 2 is 2.00 bits per heavy atom. The molecule has 0 aliphatic rings. The molecule has 0 aromatic carbocycles. The Hall–Kier alpha value is -0.553. The molecule has 102 valence electrons. The van der Waals surface area contributed by atoms with Gasteiger partial charge in [0.05, 0.1) is 19.3 Å². The van der Waals surface area contributed by atoms with E-state index in [0.717, 1.165) is 0 Å². The van der Waals surface area contributed by atoms with Gasteiger partial charge in [-0.15, -0.1) is 0 Å². The Bertz CT molecular complexity index is 232. The van der Waals surface area contributed by atoms with E-state index in [1.54, 1.807) is 6.92 Å². The number of ether oxygens (including phenoxy) is 1. The number of carbonyl (C=O) groups is 1. The van der Waals surface area contributed by atoms with Crippen LogP contribution in [0.4, 0.5) is 0 Å². The molecule has 0 radical (unpaired) electrons. The number of hydrogen-bond donors (Lipinski definition) is 6. The maximum absolute atomic E-state index is 10.2. The van der Waals surface area contributed by atoms with E-state index in [1.807, 2.05) is 0 Å². The molecule has 0 aromatic rings. The maximum Gasteiger partial charge on any atom is 0.523 e. The predicted molar refractivity (Wildman–Crippen MR) is 59.0 cm³/mol. The number of carboxylic acids is 1. The van der Waals surface area contributed by atoms with Gasteiger partial charge < -0.3 is 34.7 Å². The molecule has 0 rings (SSSR count). The zero-order valence-electron chi connectivity index (χ0n) is 9.54. The SMILES string of the molecule is CCC(OCC(O)CNCC(=O)O)[Si](O)(O)O. The molecule has 9 heteroatoms. The number of nitrogens with one attached hydrogen (secondary N) is 1. The number of aliphatic carboxylic acids is 1. The molecule has 17 heavy (non-hydrogen) atoms. The fourth-order valence-electron chi connectivity index (χ4n) is 1.14. The highest BCUT2D eigenvalue weighted by atomic mass is 28.4. The van der Waals surface area contributed by atoms with Crippen molar-refractivity contribution in [3.8, 4) is 0 Å². The van der Waals surface area contributed by atoms with Gasteiger partial charge in [-0.3, -0.25) is 4.79 Å². The Labute approximate surface area is 99.8 Å². The first-order valence-electron chi connectivity index (χ1n) is 5.16. The molecule has 6 N–H and O–H groups in total. The van der Waals surface area contributed by atoms with E-state index in [9.17, 15) is 9.90 Å². The van der Waals surface area contributed by atoms with Gasteiger partial charge >= 0.3 is 14.8 Å². The molecular formula is C8H19NO7Si. The van der Waals surface area contributed by atoms with E-state index in [2.05, 4.69) is 5.32 Å². The van der Waals surface area contributed by atoms with Gasteiger partial charge in [0, 0.05) is 6.54 Å². The summed E-state index contributed by atoms with van der Waals surface area (Å²) in [6, 6.07) is 0. The highest BCUT2D eigenvalue weighted by Gasteiger charge is 2.39. The molecule has 2 unspecified atom stereocenters. The summed E-state index contributed by atoms with van der Waals surface area (Å²) < 4.78 is 4.95. The van der Waals surface area contributed by atoms with Crippen LogP contribution in [0.2, 0.25) is 0 Å². The largest absolute Gasteiger partial charge is 0.523 e. The minimum absolute atomic E-state index is 0.000421. The summed E-state index contributed by atoms with van der Waals surface area (Å²) in [7, 11) is -4.35. The second kappa shape index (κ2) is 7.71. The fourth-order valence-corrected chi connectivity index (χ4v) is 2.00. The zero-order valence-corrected chi connectivity index (χ0v) is 10.5. The van der Waals surface area contributed by atoms with Crippen LogP contribution in [-0.2, 0) is 9.53 Å². The summed E-state index contributed by atoms with van der Waals surface area (Å²) in [4.78, 5) is 37.1. The van der Waals surface area contributed by atoms with Crippen LogP contribution >= 0.6 is 0 Å². The molecule has 0 heterocycles. The van der Waals surface area contributed by atoms with Crippen LogP contribution in [0.3, 0.4) is 0 Å². The molecule has 0 aliphatic heterocycles. The van der Waals surface area contributed by atoms with Gasteiger partial charge in [0.1, 0.15) is 5.73 Å². The third kappa shape index (κ3) is 8.21. The van der Waals surface area contributed by atoms with Crippen LogP contribution < -0.4 is 5.32 Å². The van der Waals surface area contributed by atoms with Crippen LogP contribution in [0.25, 0.3) is 0 Å². The molecule has 8 nitrogen and oxygen atoms in total. The van der Waals surface area contributed by atoms with Crippen molar-refractivity contribution in [1.29, 1.82) is 0 Å². The van der Waals surface area contributed by atoms with Crippen molar-refractivity contribution in [2.45, 2.75) is 25.2 Å². The second-order valence-corrected chi connectivity index (χ2v) is 5.61. The van der Waals surface area contributed by atoms with Crippen molar-refractivity contribution in [3.05, 3.63) is 0 Å². The number of aliphatic hydroxyl groups is 1. The lowest BCUT2D eigenvalue weighted by atomic mass is 10.3. The first kappa shape index (κ1) is 16.4. The first-order valence-corrected chi connectivity index (χ1v) is 7.08. The van der Waals surface area contributed by atoms with E-state index in [0.29, 0.717) is 0 Å². The highest BCUT2D eigenvalue weighted by Crippen LogP contribution is 2.07. The lowest BCUT2D eigenvalue weighted by Crippen LogP contribution is -2.51. The Morgan fingerprint density at radius 3 is 2.41 bits per heavy atom. The van der Waals surface area contributed by atoms with Crippen molar-refractivity contribution < 1.29 is 34.1 Å². The molecule has 0 saturated carbocycles. The molecule has 0 spiro atoms. The Kier molecular flexibility index (Phi) is 7.46. The van der Waals surface area contributed by atoms with Crippen LogP contribution in [0.5, 0.6) is 0 Å². The van der Waals surface area contributed by atoms with E-state index in [4.69, 9.17) is 24.2 Å². The van der Waals surface area contributed by atoms with Crippen LogP contribution in [0.15, 0.2) is 0 Å². The monoisotopic (exact) mass is 269 g/mol. The fraction of sp³-hybridized carbons (Fsp3) is 0.875. The van der Waals surface area contributed by atoms with Crippen molar-refractivity contribution in [2.24, 2.45) is 0 Å². The number of carboxylic acid groups (broad SMARTS) is 1. The van der Waals surface area contributed by atoms with Gasteiger partial charge in [-0.2, -0.15) is 0 Å². The molecule has 0 aliphatic carbocycles. The summed E-state index contributed by atoms with van der Waals surface area (Å²) in [5.41, 5.74) is -1.10. The zero-order chi connectivity index (χ0) is 13.5. The van der Waals surface area contributed by atoms with Crippen LogP contribution in [0.1, 0.15) is 13.3 Å². The molecule has 2 atom stereocenters. The number of aliphatic hydroxyl groups excluding tert-OH is 1. The standard InChI is InChI=1S/C8H19NO7Si/c1-2-8(17(13,14)15)16-5-6(10)3-9-4-7(11)12/h6,8-10,13-15H,2-5H2,1H3,(H,11,12). The molecule has 0 saturated heterocycles. The van der Waals surface area contributed by atoms with Crippen molar-refractivity contribution >= 4 is 14.8 Å². The Balaban J connectivity index is 3.81. The quantitative estimate of drug-likeness (QED) is 0.248. The number of hydrogen-bond acceptors (Lipinski definition) is 7. The third-order valence-electron chi connectivity index (χ3n) is 1.95. The summed E-state index contributed by atoms with van der Waals surface area (Å²) >= 11 is 0. The van der Waals surface area contributed by atoms with Gasteiger partial charge in [-0.25, -0.2) is 0 Å². The van der Waals surface area contributed by atoms with E-state index in [-0.39, 0.29) is 26.1 Å². The predicted octanol–water partition coefficient (Wildman–Crippen LogP) is -2.73. The molecular weight excluding hydrogens is 250 g/mol. The lowest BCUT2D eigenvalue weighted by Gasteiger charge is -2.22. The minimum atomic E-state index is -4.35. The summed E-state index contributed by atoms with van der Waals surface area (Å²) in [5.74, 6) is -1.04. The van der Waals surface area contributed by atoms with Crippen LogP contribution in [0, 0.1) is 0 Å². The van der Waals surface area contributed by atoms with E-state index >= 15 is 0 Å². The lowest BCUT2D eigenvalue weighted by molar-refractivity contribution is -0.136. The van der Waals surface area contributed by atoms with Gasteiger partial charge in [0.2, 0.25) is 0 Å². The van der Waals surface area contributed by atoms with Crippen molar-refractivity contribution in [1.82, 2.24) is 5.32 Å². The summed E-state index contributed by atoms with van der Waals surface area (Å²) in [6.07, 6.45) is -0.787. The molecule has 0 aromatic heterocycles. The Morgan fingerprint density at radius 1 is 1.41 bits per heavy atom. The van der Waals surface area contributed by atoms with Crippen molar-refractivity contribution in [3.63, 3.8) is 0 Å². The highest BCUT2D eigenvalue weighted by molar-refractivity contribution is 6.57. The molecule has 0 amide bonds. The average Bonchev–Trinajstić information content (AvgIpc) is 2.15. The van der Waals surface area contributed by atoms with Gasteiger partial charge in [-0.05, 0) is 6.42 Å². The topological polar surface area (TPSA) is 139 Å². The molecule has 0 bridgehead atoms. The first-order chi connectivity index (χ1) is 7.77. The number of rotatable bonds is 9. The van der Waals surface area contributed by atoms with Gasteiger partial charge in [0.15, 0.2) is 0 Å². The third-order valence-corrected chi connectivity index (χ3v) is 3.39. The van der Waals surface area contributed by atoms with Gasteiger partial charge in [-0.1, -0.05) is 6.92 Å². The van der Waals surface area contributed by atoms with Crippen molar-refractivity contribution in [2.75, 3.05) is 19.7 Å². The molecule has 0 fully saturated rings. The van der Waals surface area contributed by atoms with Crippen LogP contribution in [-0.4, -0.2) is 70.9 Å².